The molecule has 2 aromatic rings. The minimum atomic E-state index is 0.579. The second kappa shape index (κ2) is 7.65. The quantitative estimate of drug-likeness (QED) is 0.782. The molecule has 1 heterocycles. The van der Waals surface area contributed by atoms with Gasteiger partial charge in [-0.25, -0.2) is 0 Å². The largest absolute Gasteiger partial charge is 0.487 e. The van der Waals surface area contributed by atoms with Crippen LogP contribution in [0.1, 0.15) is 30.2 Å². The van der Waals surface area contributed by atoms with Crippen LogP contribution in [0.4, 0.5) is 0 Å². The van der Waals surface area contributed by atoms with Crippen LogP contribution < -0.4 is 10.1 Å². The van der Waals surface area contributed by atoms with Crippen molar-refractivity contribution in [3.63, 3.8) is 0 Å². The first-order valence-corrected chi connectivity index (χ1v) is 7.12. The van der Waals surface area contributed by atoms with Gasteiger partial charge in [0.25, 0.3) is 0 Å². The first kappa shape index (κ1) is 14.5. The van der Waals surface area contributed by atoms with Crippen LogP contribution in [0.3, 0.4) is 0 Å². The predicted octanol–water partition coefficient (Wildman–Crippen LogP) is 3.47. The normalized spacial score (nSPS) is 10.5. The monoisotopic (exact) mass is 270 g/mol. The highest BCUT2D eigenvalue weighted by atomic mass is 16.5. The molecule has 0 aliphatic carbocycles. The maximum Gasteiger partial charge on any atom is 0.141 e. The molecular formula is C17H22N2O. The van der Waals surface area contributed by atoms with E-state index in [-0.39, 0.29) is 0 Å². The van der Waals surface area contributed by atoms with Crippen molar-refractivity contribution in [2.45, 2.75) is 33.4 Å². The summed E-state index contributed by atoms with van der Waals surface area (Å²) in [6.45, 7) is 6.70. The highest BCUT2D eigenvalue weighted by molar-refractivity contribution is 5.27. The Balaban J connectivity index is 1.86. The molecule has 20 heavy (non-hydrogen) atoms. The molecule has 0 aliphatic rings. The highest BCUT2D eigenvalue weighted by Crippen LogP contribution is 2.15. The first-order valence-electron chi connectivity index (χ1n) is 7.12. The van der Waals surface area contributed by atoms with Gasteiger partial charge in [-0.05, 0) is 43.1 Å². The molecule has 1 N–H and O–H groups in total. The average molecular weight is 270 g/mol. The third-order valence-corrected chi connectivity index (χ3v) is 3.13. The Bertz CT molecular complexity index is 523. The molecule has 3 nitrogen and oxygen atoms in total. The Morgan fingerprint density at radius 3 is 2.55 bits per heavy atom. The van der Waals surface area contributed by atoms with E-state index in [1.165, 1.54) is 11.1 Å². The lowest BCUT2D eigenvalue weighted by Crippen LogP contribution is -2.13. The van der Waals surface area contributed by atoms with Gasteiger partial charge in [-0.3, -0.25) is 4.98 Å². The van der Waals surface area contributed by atoms with Crippen molar-refractivity contribution < 1.29 is 4.74 Å². The molecule has 1 aromatic carbocycles. The molecule has 0 amide bonds. The van der Waals surface area contributed by atoms with Crippen LogP contribution in [0.5, 0.6) is 5.75 Å². The van der Waals surface area contributed by atoms with E-state index in [4.69, 9.17) is 4.74 Å². The van der Waals surface area contributed by atoms with Gasteiger partial charge in [-0.2, -0.15) is 0 Å². The number of benzene rings is 1. The van der Waals surface area contributed by atoms with E-state index in [0.717, 1.165) is 31.0 Å². The van der Waals surface area contributed by atoms with Crippen molar-refractivity contribution in [3.8, 4) is 5.75 Å². The zero-order valence-corrected chi connectivity index (χ0v) is 12.2. The van der Waals surface area contributed by atoms with Gasteiger partial charge >= 0.3 is 0 Å². The van der Waals surface area contributed by atoms with Crippen molar-refractivity contribution >= 4 is 0 Å². The molecule has 0 unspecified atom stereocenters. The van der Waals surface area contributed by atoms with Crippen LogP contribution in [-0.2, 0) is 13.2 Å². The lowest BCUT2D eigenvalue weighted by molar-refractivity contribution is 0.302. The fourth-order valence-corrected chi connectivity index (χ4v) is 1.95. The standard InChI is InChI=1S/C17H22N2O/c1-3-10-18-12-15-6-8-16(9-7-15)13-20-17-5-4-11-19-14(17)2/h4-9,11,18H,3,10,12-13H2,1-2H3. The first-order chi connectivity index (χ1) is 9.79. The molecule has 0 spiro atoms. The number of ether oxygens (including phenoxy) is 1. The van der Waals surface area contributed by atoms with Crippen LogP contribution in [0.15, 0.2) is 42.6 Å². The van der Waals surface area contributed by atoms with E-state index < -0.39 is 0 Å². The Kier molecular flexibility index (Phi) is 5.56. The van der Waals surface area contributed by atoms with E-state index >= 15 is 0 Å². The van der Waals surface area contributed by atoms with Crippen LogP contribution in [-0.4, -0.2) is 11.5 Å². The smallest absolute Gasteiger partial charge is 0.141 e. The molecule has 0 atom stereocenters. The summed E-state index contributed by atoms with van der Waals surface area (Å²) in [5, 5.41) is 3.40. The van der Waals surface area contributed by atoms with Gasteiger partial charge in [0.2, 0.25) is 0 Å². The van der Waals surface area contributed by atoms with E-state index in [1.807, 2.05) is 19.1 Å². The second-order valence-corrected chi connectivity index (χ2v) is 4.87. The summed E-state index contributed by atoms with van der Waals surface area (Å²) < 4.78 is 5.78. The fourth-order valence-electron chi connectivity index (χ4n) is 1.95. The molecule has 0 saturated carbocycles. The Hall–Kier alpha value is -1.87. The third-order valence-electron chi connectivity index (χ3n) is 3.13. The molecule has 0 aliphatic heterocycles. The minimum Gasteiger partial charge on any atom is -0.487 e. The predicted molar refractivity (Wildman–Crippen MR) is 81.7 cm³/mol. The van der Waals surface area contributed by atoms with Gasteiger partial charge in [-0.15, -0.1) is 0 Å². The van der Waals surface area contributed by atoms with Crippen LogP contribution in [0.25, 0.3) is 0 Å². The summed E-state index contributed by atoms with van der Waals surface area (Å²) in [5.41, 5.74) is 3.40. The van der Waals surface area contributed by atoms with Crippen molar-refractivity contribution in [3.05, 3.63) is 59.4 Å². The molecule has 3 heteroatoms. The summed E-state index contributed by atoms with van der Waals surface area (Å²) in [7, 11) is 0. The van der Waals surface area contributed by atoms with Crippen molar-refractivity contribution in [1.29, 1.82) is 0 Å². The van der Waals surface area contributed by atoms with Crippen LogP contribution in [0.2, 0.25) is 0 Å². The van der Waals surface area contributed by atoms with Gasteiger partial charge in [0.1, 0.15) is 12.4 Å². The maximum absolute atomic E-state index is 5.78. The number of pyridine rings is 1. The van der Waals surface area contributed by atoms with E-state index in [2.05, 4.69) is 41.5 Å². The van der Waals surface area contributed by atoms with Crippen LogP contribution in [0, 0.1) is 6.92 Å². The van der Waals surface area contributed by atoms with E-state index in [9.17, 15) is 0 Å². The van der Waals surface area contributed by atoms with Crippen molar-refractivity contribution in [1.82, 2.24) is 10.3 Å². The van der Waals surface area contributed by atoms with Gasteiger partial charge in [0, 0.05) is 12.7 Å². The third kappa shape index (κ3) is 4.35. The zero-order chi connectivity index (χ0) is 14.2. The molecule has 0 saturated heterocycles. The average Bonchev–Trinajstić information content (AvgIpc) is 2.48. The number of hydrogen-bond acceptors (Lipinski definition) is 3. The molecular weight excluding hydrogens is 248 g/mol. The number of aryl methyl sites for hydroxylation is 1. The highest BCUT2D eigenvalue weighted by Gasteiger charge is 2.00. The summed E-state index contributed by atoms with van der Waals surface area (Å²) in [6.07, 6.45) is 2.94. The van der Waals surface area contributed by atoms with E-state index in [0.29, 0.717) is 6.61 Å². The van der Waals surface area contributed by atoms with Crippen LogP contribution >= 0.6 is 0 Å². The SMILES string of the molecule is CCCNCc1ccc(COc2cccnc2C)cc1. The molecule has 0 fully saturated rings. The Labute approximate surface area is 121 Å². The summed E-state index contributed by atoms with van der Waals surface area (Å²) in [6, 6.07) is 12.4. The summed E-state index contributed by atoms with van der Waals surface area (Å²) >= 11 is 0. The maximum atomic E-state index is 5.78. The molecule has 0 radical (unpaired) electrons. The molecule has 106 valence electrons. The lowest BCUT2D eigenvalue weighted by atomic mass is 10.1. The second-order valence-electron chi connectivity index (χ2n) is 4.87. The van der Waals surface area contributed by atoms with Gasteiger partial charge in [-0.1, -0.05) is 31.2 Å². The van der Waals surface area contributed by atoms with E-state index in [1.54, 1.807) is 6.20 Å². The Morgan fingerprint density at radius 2 is 1.85 bits per heavy atom. The number of hydrogen-bond donors (Lipinski definition) is 1. The van der Waals surface area contributed by atoms with Crippen molar-refractivity contribution in [2.75, 3.05) is 6.54 Å². The summed E-state index contributed by atoms with van der Waals surface area (Å²) in [5.74, 6) is 0.848. The Morgan fingerprint density at radius 1 is 1.10 bits per heavy atom. The molecule has 1 aromatic heterocycles. The number of aromatic nitrogens is 1. The summed E-state index contributed by atoms with van der Waals surface area (Å²) in [4.78, 5) is 4.21. The fraction of sp³-hybridized carbons (Fsp3) is 0.353. The molecule has 2 rings (SSSR count). The number of rotatable bonds is 7. The lowest BCUT2D eigenvalue weighted by Gasteiger charge is -2.09. The van der Waals surface area contributed by atoms with Gasteiger partial charge in [0.05, 0.1) is 5.69 Å². The van der Waals surface area contributed by atoms with Crippen molar-refractivity contribution in [2.24, 2.45) is 0 Å². The molecule has 0 bridgehead atoms. The van der Waals surface area contributed by atoms with Gasteiger partial charge in [0.15, 0.2) is 0 Å². The topological polar surface area (TPSA) is 34.1 Å². The number of nitrogens with one attached hydrogen (secondary N) is 1. The minimum absolute atomic E-state index is 0.579. The number of nitrogens with zero attached hydrogens (tertiary/aromatic N) is 1. The van der Waals surface area contributed by atoms with Gasteiger partial charge < -0.3 is 10.1 Å². The zero-order valence-electron chi connectivity index (χ0n) is 12.2.